The zero-order valence-corrected chi connectivity index (χ0v) is 2.94. The highest BCUT2D eigenvalue weighted by atomic mass is 16.3. The molecule has 0 aliphatic heterocycles. The SMILES string of the molecule is O.OC1CC1. The fourth-order valence-corrected chi connectivity index (χ4v) is 0.0745. The summed E-state index contributed by atoms with van der Waals surface area (Å²) in [7, 11) is 0. The van der Waals surface area contributed by atoms with Crippen LogP contribution in [0.1, 0.15) is 12.8 Å². The van der Waals surface area contributed by atoms with E-state index in [1.54, 1.807) is 0 Å². The van der Waals surface area contributed by atoms with Crippen LogP contribution in [-0.2, 0) is 0 Å². The molecule has 2 heteroatoms. The van der Waals surface area contributed by atoms with Crippen molar-refractivity contribution < 1.29 is 10.6 Å². The molecular weight excluding hydrogens is 68.0 g/mol. The van der Waals surface area contributed by atoms with E-state index in [2.05, 4.69) is 0 Å². The van der Waals surface area contributed by atoms with Crippen LogP contribution in [0.4, 0.5) is 0 Å². The third-order valence-electron chi connectivity index (χ3n) is 0.547. The summed E-state index contributed by atoms with van der Waals surface area (Å²) >= 11 is 0. The van der Waals surface area contributed by atoms with Crippen molar-refractivity contribution in [1.82, 2.24) is 0 Å². The molecule has 0 atom stereocenters. The predicted octanol–water partition coefficient (Wildman–Crippen LogP) is -0.684. The monoisotopic (exact) mass is 76.1 g/mol. The van der Waals surface area contributed by atoms with Crippen molar-refractivity contribution in [3.63, 3.8) is 0 Å². The second-order valence-electron chi connectivity index (χ2n) is 1.23. The molecule has 0 amide bonds. The van der Waals surface area contributed by atoms with E-state index < -0.39 is 0 Å². The van der Waals surface area contributed by atoms with Crippen molar-refractivity contribution in [3.05, 3.63) is 0 Å². The minimum absolute atomic E-state index is 0. The first-order chi connectivity index (χ1) is 1.89. The molecule has 0 unspecified atom stereocenters. The van der Waals surface area contributed by atoms with E-state index in [-0.39, 0.29) is 11.6 Å². The Morgan fingerprint density at radius 1 is 1.40 bits per heavy atom. The van der Waals surface area contributed by atoms with E-state index in [4.69, 9.17) is 5.11 Å². The number of aliphatic hydroxyl groups excluding tert-OH is 1. The summed E-state index contributed by atoms with van der Waals surface area (Å²) in [6, 6.07) is 0. The molecule has 1 aliphatic carbocycles. The predicted molar refractivity (Wildman–Crippen MR) is 18.9 cm³/mol. The van der Waals surface area contributed by atoms with Gasteiger partial charge in [-0.05, 0) is 12.8 Å². The van der Waals surface area contributed by atoms with Gasteiger partial charge in [-0.15, -0.1) is 0 Å². The van der Waals surface area contributed by atoms with Gasteiger partial charge in [-0.3, -0.25) is 0 Å². The van der Waals surface area contributed by atoms with Crippen LogP contribution in [0.15, 0.2) is 0 Å². The minimum Gasteiger partial charge on any atom is -0.412 e. The van der Waals surface area contributed by atoms with Gasteiger partial charge in [-0.2, -0.15) is 0 Å². The standard InChI is InChI=1S/C3H6O.H2O/c4-3-1-2-3;/h3-4H,1-2H2;1H2. The summed E-state index contributed by atoms with van der Waals surface area (Å²) in [5, 5.41) is 8.17. The Hall–Kier alpha value is -0.0800. The molecule has 0 bridgehead atoms. The summed E-state index contributed by atoms with van der Waals surface area (Å²) in [6.45, 7) is 0. The molecule has 0 spiro atoms. The lowest BCUT2D eigenvalue weighted by Gasteiger charge is -1.57. The van der Waals surface area contributed by atoms with Crippen molar-refractivity contribution in [1.29, 1.82) is 0 Å². The summed E-state index contributed by atoms with van der Waals surface area (Å²) < 4.78 is 0. The number of hydrogen-bond acceptors (Lipinski definition) is 1. The highest BCUT2D eigenvalue weighted by Crippen LogP contribution is 2.16. The van der Waals surface area contributed by atoms with Crippen molar-refractivity contribution >= 4 is 0 Å². The van der Waals surface area contributed by atoms with E-state index in [0.717, 1.165) is 12.8 Å². The highest BCUT2D eigenvalue weighted by Gasteiger charge is 2.15. The normalized spacial score (nSPS) is 21.0. The van der Waals surface area contributed by atoms with Gasteiger partial charge in [-0.25, -0.2) is 0 Å². The summed E-state index contributed by atoms with van der Waals surface area (Å²) in [5.41, 5.74) is 0. The Morgan fingerprint density at radius 3 is 1.60 bits per heavy atom. The van der Waals surface area contributed by atoms with Crippen LogP contribution in [-0.4, -0.2) is 16.7 Å². The Labute approximate surface area is 30.7 Å². The largest absolute Gasteiger partial charge is 0.412 e. The van der Waals surface area contributed by atoms with E-state index in [0.29, 0.717) is 0 Å². The van der Waals surface area contributed by atoms with Gasteiger partial charge in [0, 0.05) is 0 Å². The van der Waals surface area contributed by atoms with Crippen LogP contribution in [0.2, 0.25) is 0 Å². The smallest absolute Gasteiger partial charge is 0.0542 e. The second-order valence-corrected chi connectivity index (χ2v) is 1.23. The van der Waals surface area contributed by atoms with Crippen LogP contribution in [0.5, 0.6) is 0 Å². The summed E-state index contributed by atoms with van der Waals surface area (Å²) in [5.74, 6) is 0. The van der Waals surface area contributed by atoms with Gasteiger partial charge in [0.05, 0.1) is 6.10 Å². The maximum Gasteiger partial charge on any atom is 0.0542 e. The Kier molecular flexibility index (Phi) is 1.36. The third-order valence-corrected chi connectivity index (χ3v) is 0.547. The van der Waals surface area contributed by atoms with Crippen LogP contribution < -0.4 is 0 Å². The topological polar surface area (TPSA) is 51.7 Å². The van der Waals surface area contributed by atoms with Crippen LogP contribution in [0.25, 0.3) is 0 Å². The maximum absolute atomic E-state index is 8.17. The van der Waals surface area contributed by atoms with Crippen molar-refractivity contribution in [2.75, 3.05) is 0 Å². The molecule has 0 radical (unpaired) electrons. The van der Waals surface area contributed by atoms with Crippen molar-refractivity contribution in [3.8, 4) is 0 Å². The molecule has 32 valence electrons. The molecule has 1 saturated carbocycles. The molecule has 0 aromatic carbocycles. The van der Waals surface area contributed by atoms with Gasteiger partial charge in [0.1, 0.15) is 0 Å². The van der Waals surface area contributed by atoms with E-state index in [1.165, 1.54) is 0 Å². The van der Waals surface area contributed by atoms with Gasteiger partial charge in [0.25, 0.3) is 0 Å². The quantitative estimate of drug-likeness (QED) is 0.408. The molecule has 0 aromatic heterocycles. The zero-order valence-electron chi connectivity index (χ0n) is 2.94. The lowest BCUT2D eigenvalue weighted by atomic mass is 10.9. The lowest BCUT2D eigenvalue weighted by molar-refractivity contribution is 0.279. The number of aliphatic hydroxyl groups is 1. The first-order valence-electron chi connectivity index (χ1n) is 1.57. The highest BCUT2D eigenvalue weighted by molar-refractivity contribution is 4.68. The van der Waals surface area contributed by atoms with E-state index in [9.17, 15) is 0 Å². The van der Waals surface area contributed by atoms with Crippen LogP contribution in [0, 0.1) is 0 Å². The average Bonchev–Trinajstić information content (AvgIpc) is 1.75. The van der Waals surface area contributed by atoms with E-state index >= 15 is 0 Å². The van der Waals surface area contributed by atoms with Gasteiger partial charge in [0.2, 0.25) is 0 Å². The van der Waals surface area contributed by atoms with Gasteiger partial charge in [-0.1, -0.05) is 0 Å². The molecule has 1 aliphatic rings. The molecule has 5 heavy (non-hydrogen) atoms. The molecule has 1 fully saturated rings. The first-order valence-corrected chi connectivity index (χ1v) is 1.57. The summed E-state index contributed by atoms with van der Waals surface area (Å²) in [6.07, 6.45) is 2.17. The van der Waals surface area contributed by atoms with Gasteiger partial charge in [0.15, 0.2) is 0 Å². The first kappa shape index (κ1) is 4.92. The Morgan fingerprint density at radius 2 is 1.60 bits per heavy atom. The minimum atomic E-state index is 0. The molecular formula is C3H8O2. The lowest BCUT2D eigenvalue weighted by Crippen LogP contribution is -1.65. The number of hydrogen-bond donors (Lipinski definition) is 1. The number of rotatable bonds is 0. The van der Waals surface area contributed by atoms with Gasteiger partial charge < -0.3 is 10.6 Å². The molecule has 2 nitrogen and oxygen atoms in total. The van der Waals surface area contributed by atoms with Crippen LogP contribution in [0.3, 0.4) is 0 Å². The fraction of sp³-hybridized carbons (Fsp3) is 1.00. The Bertz CT molecular complexity index is 24.1. The summed E-state index contributed by atoms with van der Waals surface area (Å²) in [4.78, 5) is 0. The van der Waals surface area contributed by atoms with Crippen molar-refractivity contribution in [2.24, 2.45) is 0 Å². The zero-order chi connectivity index (χ0) is 2.99. The molecule has 0 aromatic rings. The van der Waals surface area contributed by atoms with Crippen LogP contribution >= 0.6 is 0 Å². The fourth-order valence-electron chi connectivity index (χ4n) is 0.0745. The second kappa shape index (κ2) is 1.38. The van der Waals surface area contributed by atoms with Crippen molar-refractivity contribution in [2.45, 2.75) is 18.9 Å². The molecule has 1 rings (SSSR count). The average molecular weight is 76.1 g/mol. The maximum atomic E-state index is 8.17. The molecule has 0 saturated heterocycles. The third kappa shape index (κ3) is 1.69. The Balaban J connectivity index is 0.000000160. The molecule has 0 heterocycles. The molecule has 3 N–H and O–H groups in total. The van der Waals surface area contributed by atoms with E-state index in [1.807, 2.05) is 0 Å². The van der Waals surface area contributed by atoms with Gasteiger partial charge >= 0.3 is 0 Å².